The number of hydrogen-bond acceptors (Lipinski definition) is 1. The van der Waals surface area contributed by atoms with Crippen molar-refractivity contribution in [1.82, 2.24) is 5.32 Å². The molecule has 2 nitrogen and oxygen atoms in total. The molecule has 0 fully saturated rings. The van der Waals surface area contributed by atoms with Crippen LogP contribution in [0.15, 0.2) is 41.4 Å². The zero-order chi connectivity index (χ0) is 11.1. The fourth-order valence-electron chi connectivity index (χ4n) is 1.24. The minimum Gasteiger partial charge on any atom is -0.352 e. The topological polar surface area (TPSA) is 29.1 Å². The van der Waals surface area contributed by atoms with E-state index in [0.717, 1.165) is 12.8 Å². The van der Waals surface area contributed by atoms with Gasteiger partial charge >= 0.3 is 0 Å². The molecule has 0 radical (unpaired) electrons. The van der Waals surface area contributed by atoms with Gasteiger partial charge in [-0.25, -0.2) is 0 Å². The predicted octanol–water partition coefficient (Wildman–Crippen LogP) is 2.64. The lowest BCUT2D eigenvalue weighted by Crippen LogP contribution is -2.24. The molecule has 0 saturated carbocycles. The lowest BCUT2D eigenvalue weighted by molar-refractivity contribution is -0.116. The fraction of sp³-hybridized carbons (Fsp3) is 0.250. The van der Waals surface area contributed by atoms with Gasteiger partial charge in [0, 0.05) is 6.54 Å². The molecule has 0 heterocycles. The number of rotatable bonds is 5. The first-order valence-corrected chi connectivity index (χ1v) is 5.66. The highest BCUT2D eigenvalue weighted by molar-refractivity contribution is 9.12. The fourth-order valence-corrected chi connectivity index (χ4v) is 1.38. The Bertz CT molecular complexity index is 335. The molecule has 80 valence electrons. The van der Waals surface area contributed by atoms with Gasteiger partial charge < -0.3 is 5.32 Å². The summed E-state index contributed by atoms with van der Waals surface area (Å²) in [5.74, 6) is -0.136. The molecular formula is C12H14BrNO. The molecule has 0 unspecified atom stereocenters. The van der Waals surface area contributed by atoms with Crippen molar-refractivity contribution in [2.45, 2.75) is 12.8 Å². The Morgan fingerprint density at radius 3 is 2.60 bits per heavy atom. The first kappa shape index (κ1) is 12.0. The number of amides is 1. The summed E-state index contributed by atoms with van der Waals surface area (Å²) in [6.45, 7) is 4.18. The lowest BCUT2D eigenvalue weighted by atomic mass is 10.1. The second kappa shape index (κ2) is 6.40. The van der Waals surface area contributed by atoms with Crippen LogP contribution in [0.4, 0.5) is 0 Å². The minimum atomic E-state index is -0.136. The third-order valence-electron chi connectivity index (χ3n) is 2.02. The second-order valence-electron chi connectivity index (χ2n) is 3.25. The van der Waals surface area contributed by atoms with Gasteiger partial charge in [-0.1, -0.05) is 36.9 Å². The molecule has 0 atom stereocenters. The van der Waals surface area contributed by atoms with Crippen LogP contribution < -0.4 is 5.32 Å². The maximum atomic E-state index is 11.1. The molecule has 0 aliphatic rings. The quantitative estimate of drug-likeness (QED) is 0.645. The van der Waals surface area contributed by atoms with Crippen LogP contribution in [-0.2, 0) is 11.2 Å². The highest BCUT2D eigenvalue weighted by Crippen LogP contribution is 2.02. The Morgan fingerprint density at radius 2 is 2.00 bits per heavy atom. The van der Waals surface area contributed by atoms with Crippen molar-refractivity contribution in [2.24, 2.45) is 0 Å². The maximum Gasteiger partial charge on any atom is 0.257 e. The predicted molar refractivity (Wildman–Crippen MR) is 65.8 cm³/mol. The third kappa shape index (κ3) is 4.79. The summed E-state index contributed by atoms with van der Waals surface area (Å²) in [5.41, 5.74) is 1.30. The average Bonchev–Trinajstić information content (AvgIpc) is 2.25. The highest BCUT2D eigenvalue weighted by Gasteiger charge is 2.00. The van der Waals surface area contributed by atoms with Crippen LogP contribution in [0.5, 0.6) is 0 Å². The molecule has 0 aliphatic heterocycles. The summed E-state index contributed by atoms with van der Waals surface area (Å²) in [6.07, 6.45) is 1.92. The zero-order valence-electron chi connectivity index (χ0n) is 8.50. The molecule has 1 aromatic carbocycles. The van der Waals surface area contributed by atoms with Crippen LogP contribution in [-0.4, -0.2) is 12.5 Å². The Morgan fingerprint density at radius 1 is 1.33 bits per heavy atom. The monoisotopic (exact) mass is 267 g/mol. The molecule has 0 aromatic heterocycles. The van der Waals surface area contributed by atoms with Crippen molar-refractivity contribution in [3.05, 3.63) is 47.0 Å². The van der Waals surface area contributed by atoms with Gasteiger partial charge in [-0.05, 0) is 34.3 Å². The van der Waals surface area contributed by atoms with Gasteiger partial charge in [-0.15, -0.1) is 0 Å². The van der Waals surface area contributed by atoms with E-state index in [1.54, 1.807) is 0 Å². The van der Waals surface area contributed by atoms with Crippen molar-refractivity contribution in [1.29, 1.82) is 0 Å². The van der Waals surface area contributed by atoms with E-state index in [1.165, 1.54) is 5.56 Å². The van der Waals surface area contributed by atoms with Gasteiger partial charge in [0.15, 0.2) is 0 Å². The molecule has 0 aliphatic carbocycles. The number of benzene rings is 1. The average molecular weight is 268 g/mol. The van der Waals surface area contributed by atoms with Crippen LogP contribution >= 0.6 is 15.9 Å². The molecular weight excluding hydrogens is 254 g/mol. The van der Waals surface area contributed by atoms with Crippen LogP contribution in [0.1, 0.15) is 12.0 Å². The van der Waals surface area contributed by atoms with E-state index >= 15 is 0 Å². The Labute approximate surface area is 98.5 Å². The summed E-state index contributed by atoms with van der Waals surface area (Å²) >= 11 is 3.03. The van der Waals surface area contributed by atoms with Gasteiger partial charge in [-0.3, -0.25) is 4.79 Å². The normalized spacial score (nSPS) is 9.67. The van der Waals surface area contributed by atoms with Crippen LogP contribution in [0.25, 0.3) is 0 Å². The standard InChI is InChI=1S/C12H14BrNO/c1-10(13)12(15)14-9-5-8-11-6-3-2-4-7-11/h2-4,6-7H,1,5,8-9H2,(H,14,15). The molecule has 3 heteroatoms. The molecule has 0 saturated heterocycles. The number of hydrogen-bond donors (Lipinski definition) is 1. The molecule has 1 N–H and O–H groups in total. The van der Waals surface area contributed by atoms with Crippen LogP contribution in [0.2, 0.25) is 0 Å². The Balaban J connectivity index is 2.18. The summed E-state index contributed by atoms with van der Waals surface area (Å²) in [7, 11) is 0. The Hall–Kier alpha value is -1.09. The maximum absolute atomic E-state index is 11.1. The van der Waals surface area contributed by atoms with Gasteiger partial charge in [0.1, 0.15) is 0 Å². The Kier molecular flexibility index (Phi) is 5.12. The molecule has 1 aromatic rings. The van der Waals surface area contributed by atoms with Crippen molar-refractivity contribution in [3.63, 3.8) is 0 Å². The van der Waals surface area contributed by atoms with E-state index in [2.05, 4.69) is 40.0 Å². The summed E-state index contributed by atoms with van der Waals surface area (Å²) in [5, 5.41) is 2.77. The van der Waals surface area contributed by atoms with Crippen molar-refractivity contribution in [3.8, 4) is 0 Å². The number of halogens is 1. The van der Waals surface area contributed by atoms with E-state index in [0.29, 0.717) is 11.0 Å². The zero-order valence-corrected chi connectivity index (χ0v) is 10.1. The van der Waals surface area contributed by atoms with Gasteiger partial charge in [0.05, 0.1) is 4.48 Å². The second-order valence-corrected chi connectivity index (χ2v) is 4.21. The van der Waals surface area contributed by atoms with Crippen molar-refractivity contribution < 1.29 is 4.79 Å². The van der Waals surface area contributed by atoms with E-state index in [1.807, 2.05) is 18.2 Å². The first-order valence-electron chi connectivity index (χ1n) is 4.86. The summed E-state index contributed by atoms with van der Waals surface area (Å²) in [4.78, 5) is 11.1. The van der Waals surface area contributed by atoms with E-state index < -0.39 is 0 Å². The smallest absolute Gasteiger partial charge is 0.257 e. The minimum absolute atomic E-state index is 0.136. The van der Waals surface area contributed by atoms with Gasteiger partial charge in [-0.2, -0.15) is 0 Å². The van der Waals surface area contributed by atoms with Crippen molar-refractivity contribution in [2.75, 3.05) is 6.54 Å². The van der Waals surface area contributed by atoms with Crippen molar-refractivity contribution >= 4 is 21.8 Å². The first-order chi connectivity index (χ1) is 7.20. The SMILES string of the molecule is C=C(Br)C(=O)NCCCc1ccccc1. The van der Waals surface area contributed by atoms with Crippen LogP contribution in [0.3, 0.4) is 0 Å². The number of carbonyl (C=O) groups is 1. The van der Waals surface area contributed by atoms with E-state index in [-0.39, 0.29) is 5.91 Å². The van der Waals surface area contributed by atoms with E-state index in [4.69, 9.17) is 0 Å². The third-order valence-corrected chi connectivity index (χ3v) is 2.38. The summed E-state index contributed by atoms with van der Waals surface area (Å²) < 4.78 is 0.377. The molecule has 15 heavy (non-hydrogen) atoms. The number of carbonyl (C=O) groups excluding carboxylic acids is 1. The van der Waals surface area contributed by atoms with Crippen LogP contribution in [0, 0.1) is 0 Å². The largest absolute Gasteiger partial charge is 0.352 e. The van der Waals surface area contributed by atoms with Gasteiger partial charge in [0.2, 0.25) is 0 Å². The molecule has 0 bridgehead atoms. The molecule has 1 amide bonds. The molecule has 1 rings (SSSR count). The number of aryl methyl sites for hydroxylation is 1. The highest BCUT2D eigenvalue weighted by atomic mass is 79.9. The summed E-state index contributed by atoms with van der Waals surface area (Å²) in [6, 6.07) is 10.2. The molecule has 0 spiro atoms. The number of nitrogens with one attached hydrogen (secondary N) is 1. The van der Waals surface area contributed by atoms with E-state index in [9.17, 15) is 4.79 Å². The lowest BCUT2D eigenvalue weighted by Gasteiger charge is -2.03. The van der Waals surface area contributed by atoms with Gasteiger partial charge in [0.25, 0.3) is 5.91 Å².